The monoisotopic (exact) mass is 328 g/mol. The van der Waals surface area contributed by atoms with Crippen molar-refractivity contribution in [3.8, 4) is 0 Å². The molecule has 1 unspecified atom stereocenters. The van der Waals surface area contributed by atoms with Crippen molar-refractivity contribution < 1.29 is 0 Å². The van der Waals surface area contributed by atoms with Gasteiger partial charge in [0.1, 0.15) is 0 Å². The average Bonchev–Trinajstić information content (AvgIpc) is 2.96. The molecule has 2 rings (SSSR count). The first-order valence-corrected chi connectivity index (χ1v) is 7.98. The molecule has 1 atom stereocenters. The summed E-state index contributed by atoms with van der Waals surface area (Å²) in [6, 6.07) is 0.697. The summed E-state index contributed by atoms with van der Waals surface area (Å²) in [4.78, 5) is 4.88. The Morgan fingerprint density at radius 3 is 2.63 bits per heavy atom. The summed E-state index contributed by atoms with van der Waals surface area (Å²) in [6.07, 6.45) is 2.26. The van der Waals surface area contributed by atoms with Gasteiger partial charge in [0, 0.05) is 32.2 Å². The fourth-order valence-electron chi connectivity index (χ4n) is 2.76. The van der Waals surface area contributed by atoms with Gasteiger partial charge in [-0.15, -0.1) is 0 Å². The Kier molecular flexibility index (Phi) is 5.03. The lowest BCUT2D eigenvalue weighted by Gasteiger charge is -2.20. The van der Waals surface area contributed by atoms with E-state index in [2.05, 4.69) is 63.5 Å². The van der Waals surface area contributed by atoms with Gasteiger partial charge in [0.2, 0.25) is 0 Å². The average molecular weight is 329 g/mol. The number of aryl methyl sites for hydroxylation is 2. The fraction of sp³-hybridized carbons (Fsp3) is 0.786. The number of hydrogen-bond donors (Lipinski definition) is 0. The first-order valence-electron chi connectivity index (χ1n) is 7.19. The molecular formula is C14H25BrN4. The molecule has 0 bridgehead atoms. The molecule has 0 spiro atoms. The van der Waals surface area contributed by atoms with Crippen LogP contribution in [0.1, 0.15) is 31.7 Å². The van der Waals surface area contributed by atoms with Crippen LogP contribution >= 0.6 is 15.9 Å². The van der Waals surface area contributed by atoms with Gasteiger partial charge in [-0.3, -0.25) is 9.58 Å². The molecule has 0 N–H and O–H groups in total. The minimum atomic E-state index is 0.697. The van der Waals surface area contributed by atoms with Gasteiger partial charge in [-0.25, -0.2) is 0 Å². The van der Waals surface area contributed by atoms with E-state index in [1.54, 1.807) is 0 Å². The van der Waals surface area contributed by atoms with Crippen LogP contribution in [0.15, 0.2) is 4.47 Å². The molecule has 1 aromatic heterocycles. The van der Waals surface area contributed by atoms with Gasteiger partial charge in [-0.2, -0.15) is 5.10 Å². The highest BCUT2D eigenvalue weighted by molar-refractivity contribution is 9.10. The van der Waals surface area contributed by atoms with E-state index >= 15 is 0 Å². The molecule has 0 aromatic carbocycles. The summed E-state index contributed by atoms with van der Waals surface area (Å²) in [7, 11) is 4.35. The van der Waals surface area contributed by atoms with Gasteiger partial charge in [-0.05, 0) is 49.8 Å². The minimum absolute atomic E-state index is 0.697. The first-order chi connectivity index (χ1) is 9.06. The lowest BCUT2D eigenvalue weighted by Crippen LogP contribution is -2.31. The second kappa shape index (κ2) is 6.37. The van der Waals surface area contributed by atoms with E-state index in [1.165, 1.54) is 28.8 Å². The quantitative estimate of drug-likeness (QED) is 0.829. The summed E-state index contributed by atoms with van der Waals surface area (Å²) in [5.41, 5.74) is 2.51. The molecule has 1 aliphatic rings. The minimum Gasteiger partial charge on any atom is -0.305 e. The molecule has 1 saturated heterocycles. The molecule has 0 saturated carbocycles. The third kappa shape index (κ3) is 3.20. The molecule has 19 heavy (non-hydrogen) atoms. The zero-order valence-corrected chi connectivity index (χ0v) is 14.1. The van der Waals surface area contributed by atoms with Gasteiger partial charge in [0.15, 0.2) is 0 Å². The van der Waals surface area contributed by atoms with Gasteiger partial charge in [0.05, 0.1) is 15.9 Å². The summed E-state index contributed by atoms with van der Waals surface area (Å²) >= 11 is 3.73. The maximum absolute atomic E-state index is 4.68. The third-order valence-electron chi connectivity index (χ3n) is 4.05. The van der Waals surface area contributed by atoms with Crippen molar-refractivity contribution in [2.45, 2.75) is 45.8 Å². The largest absolute Gasteiger partial charge is 0.305 e. The highest BCUT2D eigenvalue weighted by atomic mass is 79.9. The highest BCUT2D eigenvalue weighted by Gasteiger charge is 2.26. The van der Waals surface area contributed by atoms with Crippen molar-refractivity contribution in [2.75, 3.05) is 27.2 Å². The van der Waals surface area contributed by atoms with Gasteiger partial charge in [-0.1, -0.05) is 6.92 Å². The molecular weight excluding hydrogens is 304 g/mol. The summed E-state index contributed by atoms with van der Waals surface area (Å²) < 4.78 is 3.36. The van der Waals surface area contributed by atoms with E-state index in [0.717, 1.165) is 26.1 Å². The van der Waals surface area contributed by atoms with Gasteiger partial charge >= 0.3 is 0 Å². The number of nitrogens with zero attached hydrogens (tertiary/aromatic N) is 4. The molecule has 1 fully saturated rings. The molecule has 0 amide bonds. The maximum atomic E-state index is 4.68. The van der Waals surface area contributed by atoms with E-state index < -0.39 is 0 Å². The smallest absolute Gasteiger partial charge is 0.0767 e. The van der Waals surface area contributed by atoms with Crippen molar-refractivity contribution in [3.63, 3.8) is 0 Å². The number of aromatic nitrogens is 2. The molecule has 1 aliphatic heterocycles. The van der Waals surface area contributed by atoms with E-state index in [-0.39, 0.29) is 0 Å². The van der Waals surface area contributed by atoms with Gasteiger partial charge in [0.25, 0.3) is 0 Å². The normalized spacial score (nSPS) is 20.6. The van der Waals surface area contributed by atoms with Crippen LogP contribution in [0.25, 0.3) is 0 Å². The van der Waals surface area contributed by atoms with E-state index in [9.17, 15) is 0 Å². The first kappa shape index (κ1) is 15.0. The second-order valence-electron chi connectivity index (χ2n) is 5.52. The van der Waals surface area contributed by atoms with Crippen LogP contribution in [-0.4, -0.2) is 52.8 Å². The van der Waals surface area contributed by atoms with Crippen LogP contribution in [-0.2, 0) is 19.5 Å². The molecule has 1 aromatic rings. The van der Waals surface area contributed by atoms with Crippen molar-refractivity contribution >= 4 is 15.9 Å². The number of halogens is 1. The van der Waals surface area contributed by atoms with Crippen LogP contribution in [0.3, 0.4) is 0 Å². The molecule has 2 heterocycles. The predicted molar refractivity (Wildman–Crippen MR) is 82.3 cm³/mol. The van der Waals surface area contributed by atoms with E-state index in [4.69, 9.17) is 0 Å². The van der Waals surface area contributed by atoms with Crippen molar-refractivity contribution in [1.29, 1.82) is 0 Å². The Morgan fingerprint density at radius 1 is 1.37 bits per heavy atom. The fourth-order valence-corrected chi connectivity index (χ4v) is 3.45. The lowest BCUT2D eigenvalue weighted by molar-refractivity contribution is 0.260. The maximum Gasteiger partial charge on any atom is 0.0767 e. The number of likely N-dealkylation sites (tertiary alicyclic amines) is 1. The topological polar surface area (TPSA) is 24.3 Å². The third-order valence-corrected chi connectivity index (χ3v) is 4.96. The Balaban J connectivity index is 2.09. The zero-order chi connectivity index (χ0) is 14.0. The van der Waals surface area contributed by atoms with Crippen molar-refractivity contribution in [3.05, 3.63) is 15.9 Å². The Morgan fingerprint density at radius 2 is 2.11 bits per heavy atom. The highest BCUT2D eigenvalue weighted by Crippen LogP contribution is 2.25. The Labute approximate surface area is 124 Å². The standard InChI is InChI=1S/C14H25BrN4/c1-5-12-14(15)13(19(6-2)16-12)10-18-8-7-11(9-18)17(3)4/h11H,5-10H2,1-4H3. The zero-order valence-electron chi connectivity index (χ0n) is 12.5. The summed E-state index contributed by atoms with van der Waals surface area (Å²) in [5, 5.41) is 4.68. The Hall–Kier alpha value is -0.390. The summed E-state index contributed by atoms with van der Waals surface area (Å²) in [6.45, 7) is 8.62. The number of rotatable bonds is 5. The SMILES string of the molecule is CCc1nn(CC)c(CN2CCC(N(C)C)C2)c1Br. The predicted octanol–water partition coefficient (Wildman–Crippen LogP) is 2.36. The van der Waals surface area contributed by atoms with Gasteiger partial charge < -0.3 is 4.90 Å². The molecule has 0 aliphatic carbocycles. The van der Waals surface area contributed by atoms with Crippen LogP contribution in [0, 0.1) is 0 Å². The van der Waals surface area contributed by atoms with Crippen LogP contribution in [0.5, 0.6) is 0 Å². The van der Waals surface area contributed by atoms with Crippen molar-refractivity contribution in [2.24, 2.45) is 0 Å². The van der Waals surface area contributed by atoms with Crippen molar-refractivity contribution in [1.82, 2.24) is 19.6 Å². The van der Waals surface area contributed by atoms with Crippen LogP contribution < -0.4 is 0 Å². The second-order valence-corrected chi connectivity index (χ2v) is 6.31. The van der Waals surface area contributed by atoms with Crippen LogP contribution in [0.4, 0.5) is 0 Å². The number of hydrogen-bond acceptors (Lipinski definition) is 3. The number of likely N-dealkylation sites (N-methyl/N-ethyl adjacent to an activating group) is 1. The van der Waals surface area contributed by atoms with Crippen LogP contribution in [0.2, 0.25) is 0 Å². The molecule has 4 nitrogen and oxygen atoms in total. The lowest BCUT2D eigenvalue weighted by atomic mass is 10.2. The van der Waals surface area contributed by atoms with E-state index in [1.807, 2.05) is 0 Å². The Bertz CT molecular complexity index is 427. The molecule has 0 radical (unpaired) electrons. The summed E-state index contributed by atoms with van der Waals surface area (Å²) in [5.74, 6) is 0. The molecule has 108 valence electrons. The molecule has 5 heteroatoms. The van der Waals surface area contributed by atoms with E-state index in [0.29, 0.717) is 6.04 Å².